The molecule has 0 unspecified atom stereocenters. The van der Waals surface area contributed by atoms with E-state index in [1.165, 1.54) is 16.9 Å². The highest BCUT2D eigenvalue weighted by Crippen LogP contribution is 2.16. The summed E-state index contributed by atoms with van der Waals surface area (Å²) in [6.07, 6.45) is 1.97. The molecule has 0 aliphatic rings. The summed E-state index contributed by atoms with van der Waals surface area (Å²) in [5.74, 6) is 1.06. The van der Waals surface area contributed by atoms with Crippen LogP contribution >= 0.6 is 0 Å². The Kier molecular flexibility index (Phi) is 2.73. The van der Waals surface area contributed by atoms with Crippen LogP contribution in [0.25, 0.3) is 5.52 Å². The molecule has 3 nitrogen and oxygen atoms in total. The normalized spacial score (nSPS) is 11.1. The van der Waals surface area contributed by atoms with Gasteiger partial charge in [-0.3, -0.25) is 0 Å². The predicted octanol–water partition coefficient (Wildman–Crippen LogP) is 1.84. The first-order chi connectivity index (χ1) is 7.24. The Morgan fingerprint density at radius 3 is 2.87 bits per heavy atom. The maximum absolute atomic E-state index is 5.52. The van der Waals surface area contributed by atoms with E-state index in [1.54, 1.807) is 0 Å². The average molecular weight is 203 g/mol. The monoisotopic (exact) mass is 203 g/mol. The number of hydrogen-bond donors (Lipinski definition) is 1. The quantitative estimate of drug-likeness (QED) is 0.827. The van der Waals surface area contributed by atoms with E-state index in [-0.39, 0.29) is 0 Å². The zero-order chi connectivity index (χ0) is 10.8. The van der Waals surface area contributed by atoms with Crippen molar-refractivity contribution in [2.75, 3.05) is 6.54 Å². The maximum atomic E-state index is 5.52. The number of hydrogen-bond acceptors (Lipinski definition) is 2. The first-order valence-corrected chi connectivity index (χ1v) is 5.37. The van der Waals surface area contributed by atoms with Gasteiger partial charge < -0.3 is 10.1 Å². The van der Waals surface area contributed by atoms with Crippen molar-refractivity contribution in [1.29, 1.82) is 0 Å². The van der Waals surface area contributed by atoms with E-state index < -0.39 is 0 Å². The number of fused-ring (bicyclic) bond motifs is 1. The van der Waals surface area contributed by atoms with Gasteiger partial charge >= 0.3 is 0 Å². The minimum Gasteiger partial charge on any atom is -0.330 e. The smallest absolute Gasteiger partial charge is 0.110 e. The Hall–Kier alpha value is -1.35. The minimum absolute atomic E-state index is 0.726. The van der Waals surface area contributed by atoms with Crippen LogP contribution in [0.5, 0.6) is 0 Å². The molecule has 0 spiro atoms. The van der Waals surface area contributed by atoms with Crippen molar-refractivity contribution in [3.63, 3.8) is 0 Å². The van der Waals surface area contributed by atoms with E-state index in [4.69, 9.17) is 5.73 Å². The van der Waals surface area contributed by atoms with E-state index in [0.29, 0.717) is 0 Å². The van der Waals surface area contributed by atoms with E-state index in [9.17, 15) is 0 Å². The van der Waals surface area contributed by atoms with Crippen molar-refractivity contribution in [1.82, 2.24) is 9.38 Å². The van der Waals surface area contributed by atoms with Gasteiger partial charge in [-0.25, -0.2) is 4.98 Å². The van der Waals surface area contributed by atoms with E-state index in [1.807, 2.05) is 6.92 Å². The molecule has 2 aromatic heterocycles. The highest BCUT2D eigenvalue weighted by Gasteiger charge is 2.08. The summed E-state index contributed by atoms with van der Waals surface area (Å²) in [4.78, 5) is 4.60. The number of nitrogens with zero attached hydrogens (tertiary/aromatic N) is 2. The number of nitrogens with two attached hydrogens (primary N) is 1. The van der Waals surface area contributed by atoms with Gasteiger partial charge in [-0.1, -0.05) is 6.07 Å². The SMILES string of the molecule is Cc1cccc2c(CCCN)nc(C)n12. The molecule has 80 valence electrons. The lowest BCUT2D eigenvalue weighted by Gasteiger charge is -2.01. The Morgan fingerprint density at radius 1 is 1.33 bits per heavy atom. The molecular formula is C12H17N3. The summed E-state index contributed by atoms with van der Waals surface area (Å²) in [5.41, 5.74) is 9.15. The van der Waals surface area contributed by atoms with E-state index in [2.05, 4.69) is 34.5 Å². The Bertz CT molecular complexity index is 471. The van der Waals surface area contributed by atoms with Crippen LogP contribution in [-0.2, 0) is 6.42 Å². The fraction of sp³-hybridized carbons (Fsp3) is 0.417. The predicted molar refractivity (Wildman–Crippen MR) is 62.0 cm³/mol. The van der Waals surface area contributed by atoms with Crippen molar-refractivity contribution in [2.45, 2.75) is 26.7 Å². The molecule has 2 N–H and O–H groups in total. The summed E-state index contributed by atoms with van der Waals surface area (Å²) in [6.45, 7) is 4.88. The zero-order valence-electron chi connectivity index (χ0n) is 9.33. The summed E-state index contributed by atoms with van der Waals surface area (Å²) in [6, 6.07) is 6.31. The van der Waals surface area contributed by atoms with E-state index in [0.717, 1.165) is 25.2 Å². The lowest BCUT2D eigenvalue weighted by molar-refractivity contribution is 0.818. The van der Waals surface area contributed by atoms with Crippen molar-refractivity contribution in [2.24, 2.45) is 5.73 Å². The van der Waals surface area contributed by atoms with Crippen LogP contribution in [0, 0.1) is 13.8 Å². The van der Waals surface area contributed by atoms with Crippen LogP contribution in [0.2, 0.25) is 0 Å². The van der Waals surface area contributed by atoms with Gasteiger partial charge in [0.2, 0.25) is 0 Å². The molecule has 0 aliphatic heterocycles. The van der Waals surface area contributed by atoms with Gasteiger partial charge in [0.25, 0.3) is 0 Å². The molecule has 0 saturated heterocycles. The first-order valence-electron chi connectivity index (χ1n) is 5.37. The molecule has 0 fully saturated rings. The highest BCUT2D eigenvalue weighted by molar-refractivity contribution is 5.54. The number of aromatic nitrogens is 2. The van der Waals surface area contributed by atoms with Crippen LogP contribution in [0.3, 0.4) is 0 Å². The van der Waals surface area contributed by atoms with Crippen LogP contribution in [0.4, 0.5) is 0 Å². The number of imidazole rings is 1. The van der Waals surface area contributed by atoms with Gasteiger partial charge in [0.15, 0.2) is 0 Å². The van der Waals surface area contributed by atoms with Crippen molar-refractivity contribution >= 4 is 5.52 Å². The molecule has 0 aromatic carbocycles. The molecule has 0 bridgehead atoms. The third kappa shape index (κ3) is 1.75. The van der Waals surface area contributed by atoms with Crippen LogP contribution < -0.4 is 5.73 Å². The van der Waals surface area contributed by atoms with E-state index >= 15 is 0 Å². The lowest BCUT2D eigenvalue weighted by atomic mass is 10.2. The van der Waals surface area contributed by atoms with Gasteiger partial charge in [0.05, 0.1) is 11.2 Å². The van der Waals surface area contributed by atoms with Crippen LogP contribution in [0.1, 0.15) is 23.6 Å². The summed E-state index contributed by atoms with van der Waals surface area (Å²) in [7, 11) is 0. The second kappa shape index (κ2) is 4.03. The largest absolute Gasteiger partial charge is 0.330 e. The molecule has 3 heteroatoms. The van der Waals surface area contributed by atoms with Gasteiger partial charge in [-0.05, 0) is 45.4 Å². The molecule has 0 amide bonds. The van der Waals surface area contributed by atoms with Crippen molar-refractivity contribution in [3.8, 4) is 0 Å². The number of rotatable bonds is 3. The molecule has 0 aliphatic carbocycles. The molecule has 2 rings (SSSR count). The lowest BCUT2D eigenvalue weighted by Crippen LogP contribution is -2.00. The fourth-order valence-electron chi connectivity index (χ4n) is 2.03. The van der Waals surface area contributed by atoms with Gasteiger partial charge in [0.1, 0.15) is 5.82 Å². The second-order valence-corrected chi connectivity index (χ2v) is 3.89. The number of pyridine rings is 1. The highest BCUT2D eigenvalue weighted by atomic mass is 15.0. The van der Waals surface area contributed by atoms with Crippen molar-refractivity contribution in [3.05, 3.63) is 35.4 Å². The van der Waals surface area contributed by atoms with Gasteiger partial charge in [-0.15, -0.1) is 0 Å². The standard InChI is InChI=1S/C12H17N3/c1-9-5-3-7-12-11(6-4-8-13)14-10(2)15(9)12/h3,5,7H,4,6,8,13H2,1-2H3. The summed E-state index contributed by atoms with van der Waals surface area (Å²) >= 11 is 0. The topological polar surface area (TPSA) is 43.3 Å². The Balaban J connectivity index is 2.53. The molecule has 0 radical (unpaired) electrons. The minimum atomic E-state index is 0.726. The molecule has 0 atom stereocenters. The average Bonchev–Trinajstić information content (AvgIpc) is 2.54. The maximum Gasteiger partial charge on any atom is 0.110 e. The second-order valence-electron chi connectivity index (χ2n) is 3.89. The Morgan fingerprint density at radius 2 is 2.13 bits per heavy atom. The molecule has 2 aromatic rings. The number of aryl methyl sites for hydroxylation is 3. The molecule has 2 heterocycles. The molecule has 15 heavy (non-hydrogen) atoms. The van der Waals surface area contributed by atoms with Crippen LogP contribution in [-0.4, -0.2) is 15.9 Å². The molecular weight excluding hydrogens is 186 g/mol. The third-order valence-electron chi connectivity index (χ3n) is 2.72. The summed E-state index contributed by atoms with van der Waals surface area (Å²) in [5, 5.41) is 0. The van der Waals surface area contributed by atoms with Gasteiger partial charge in [0, 0.05) is 5.69 Å². The zero-order valence-corrected chi connectivity index (χ0v) is 9.33. The van der Waals surface area contributed by atoms with Gasteiger partial charge in [-0.2, -0.15) is 0 Å². The first kappa shape index (κ1) is 10.2. The van der Waals surface area contributed by atoms with Crippen LogP contribution in [0.15, 0.2) is 18.2 Å². The molecule has 0 saturated carbocycles. The fourth-order valence-corrected chi connectivity index (χ4v) is 2.03. The summed E-state index contributed by atoms with van der Waals surface area (Å²) < 4.78 is 2.20. The van der Waals surface area contributed by atoms with Crippen molar-refractivity contribution < 1.29 is 0 Å². The third-order valence-corrected chi connectivity index (χ3v) is 2.72. The Labute approximate surface area is 89.9 Å².